The highest BCUT2D eigenvalue weighted by atomic mass is 28.4. The van der Waals surface area contributed by atoms with Crippen LogP contribution in [0.25, 0.3) is 0 Å². The number of phenolic OH excluding ortho intramolecular Hbond substituents is 1. The molecule has 41 heavy (non-hydrogen) atoms. The molecule has 0 atom stereocenters. The second-order valence-electron chi connectivity index (χ2n) is 11.2. The van der Waals surface area contributed by atoms with E-state index < -0.39 is 8.32 Å². The number of rotatable bonds is 12. The van der Waals surface area contributed by atoms with Crippen LogP contribution in [-0.4, -0.2) is 31.0 Å². The van der Waals surface area contributed by atoms with E-state index in [1.54, 1.807) is 12.1 Å². The number of carbonyl (C=O) groups is 3. The van der Waals surface area contributed by atoms with Gasteiger partial charge in [0.05, 0.1) is 0 Å². The number of aromatic hydroxyl groups is 1. The van der Waals surface area contributed by atoms with Gasteiger partial charge in [0.2, 0.25) is 11.8 Å². The first-order valence-electron chi connectivity index (χ1n) is 14.1. The fourth-order valence-electron chi connectivity index (χ4n) is 4.53. The summed E-state index contributed by atoms with van der Waals surface area (Å²) in [5, 5.41) is 14.1. The van der Waals surface area contributed by atoms with Crippen LogP contribution in [0.5, 0.6) is 5.75 Å². The standard InChI is InChI=1S/C30H38N2O4Si.C3H6O/c1-30(2,3)37(26-14-8-6-9-15-26,27-16-10-7-11-17-27)36-32-29(35)19-13-5-4-12-18-28(34)31-24-20-22-25(33)23-21-24;1-3(2)4/h6-11,14-17,20-23,33H,4-5,12-13,18-19H2,1-3H3,(H,31,34)(H,32,35);1-2H3. The number of carbonyl (C=O) groups excluding carboxylic acids is 3. The Morgan fingerprint density at radius 1 is 0.707 bits per heavy atom. The number of Topliss-reactive ketones (excluding diaryl/α,β-unsaturated/α-hetero) is 1. The summed E-state index contributed by atoms with van der Waals surface area (Å²) < 4.78 is 6.47. The second kappa shape index (κ2) is 16.5. The lowest BCUT2D eigenvalue weighted by Gasteiger charge is -2.41. The molecule has 3 aromatic carbocycles. The Morgan fingerprint density at radius 2 is 1.15 bits per heavy atom. The number of nitrogens with one attached hydrogen (secondary N) is 2. The van der Waals surface area contributed by atoms with Gasteiger partial charge in [0.25, 0.3) is 8.32 Å². The molecule has 220 valence electrons. The summed E-state index contributed by atoms with van der Waals surface area (Å²) in [7, 11) is -2.81. The highest BCUT2D eigenvalue weighted by Gasteiger charge is 2.51. The first-order valence-corrected chi connectivity index (χ1v) is 16.0. The van der Waals surface area contributed by atoms with E-state index in [0.29, 0.717) is 18.5 Å². The predicted molar refractivity (Wildman–Crippen MR) is 168 cm³/mol. The number of hydrogen-bond acceptors (Lipinski definition) is 5. The van der Waals surface area contributed by atoms with Gasteiger partial charge in [0.1, 0.15) is 11.5 Å². The van der Waals surface area contributed by atoms with Crippen molar-refractivity contribution in [2.75, 3.05) is 5.32 Å². The summed E-state index contributed by atoms with van der Waals surface area (Å²) in [4.78, 5) is 34.3. The molecule has 0 aromatic heterocycles. The quantitative estimate of drug-likeness (QED) is 0.108. The van der Waals surface area contributed by atoms with E-state index in [2.05, 4.69) is 55.8 Å². The van der Waals surface area contributed by atoms with Crippen molar-refractivity contribution < 1.29 is 24.0 Å². The van der Waals surface area contributed by atoms with Gasteiger partial charge in [-0.3, -0.25) is 9.59 Å². The van der Waals surface area contributed by atoms with Gasteiger partial charge in [0, 0.05) is 18.5 Å². The molecule has 0 radical (unpaired) electrons. The van der Waals surface area contributed by atoms with Crippen molar-refractivity contribution in [2.45, 2.75) is 78.2 Å². The molecule has 0 spiro atoms. The van der Waals surface area contributed by atoms with E-state index >= 15 is 0 Å². The normalized spacial score (nSPS) is 11.1. The van der Waals surface area contributed by atoms with E-state index in [4.69, 9.17) is 4.53 Å². The van der Waals surface area contributed by atoms with E-state index in [1.807, 2.05) is 36.4 Å². The number of hydroxylamine groups is 1. The Labute approximate surface area is 245 Å². The molecule has 2 amide bonds. The zero-order chi connectivity index (χ0) is 30.3. The molecule has 0 aliphatic carbocycles. The molecular formula is C33H44N2O5Si. The molecule has 0 aliphatic rings. The molecule has 0 fully saturated rings. The van der Waals surface area contributed by atoms with Gasteiger partial charge in [-0.25, -0.2) is 5.48 Å². The molecule has 8 heteroatoms. The number of benzene rings is 3. The van der Waals surface area contributed by atoms with E-state index in [9.17, 15) is 19.5 Å². The van der Waals surface area contributed by atoms with Crippen molar-refractivity contribution in [1.29, 1.82) is 0 Å². The van der Waals surface area contributed by atoms with Gasteiger partial charge in [-0.1, -0.05) is 94.3 Å². The van der Waals surface area contributed by atoms with Crippen LogP contribution in [0.15, 0.2) is 84.9 Å². The van der Waals surface area contributed by atoms with Gasteiger partial charge in [-0.15, -0.1) is 0 Å². The molecule has 0 saturated heterocycles. The summed E-state index contributed by atoms with van der Waals surface area (Å²) in [6, 6.07) is 26.8. The number of anilines is 1. The Balaban J connectivity index is 0.00000138. The van der Waals surface area contributed by atoms with Crippen LogP contribution in [0.1, 0.15) is 73.1 Å². The summed E-state index contributed by atoms with van der Waals surface area (Å²) in [5.41, 5.74) is 3.48. The lowest BCUT2D eigenvalue weighted by Crippen LogP contribution is -2.68. The lowest BCUT2D eigenvalue weighted by atomic mass is 10.1. The molecule has 7 nitrogen and oxygen atoms in total. The first kappa shape index (κ1) is 33.5. The first-order chi connectivity index (χ1) is 19.5. The number of hydrogen-bond donors (Lipinski definition) is 3. The Kier molecular flexibility index (Phi) is 13.5. The fraction of sp³-hybridized carbons (Fsp3) is 0.364. The minimum Gasteiger partial charge on any atom is -0.508 e. The maximum atomic E-state index is 12.8. The minimum atomic E-state index is -2.81. The SMILES string of the molecule is CC(C)(C)[Si](ONC(=O)CCCCCCC(=O)Nc1ccc(O)cc1)(c1ccccc1)c1ccccc1.CC(C)=O. The van der Waals surface area contributed by atoms with E-state index in [1.165, 1.54) is 26.0 Å². The van der Waals surface area contributed by atoms with Gasteiger partial charge >= 0.3 is 0 Å². The van der Waals surface area contributed by atoms with Crippen LogP contribution in [-0.2, 0) is 18.9 Å². The third-order valence-electron chi connectivity index (χ3n) is 6.44. The van der Waals surface area contributed by atoms with Gasteiger partial charge in [-0.2, -0.15) is 0 Å². The monoisotopic (exact) mass is 576 g/mol. The van der Waals surface area contributed by atoms with Crippen LogP contribution in [0, 0.1) is 0 Å². The van der Waals surface area contributed by atoms with Crippen molar-refractivity contribution >= 4 is 42.0 Å². The Hall–Kier alpha value is -3.75. The van der Waals surface area contributed by atoms with E-state index in [0.717, 1.165) is 36.1 Å². The van der Waals surface area contributed by atoms with Gasteiger partial charge in [-0.05, 0) is 66.4 Å². The number of unbranched alkanes of at least 4 members (excludes halogenated alkanes) is 3. The van der Waals surface area contributed by atoms with Crippen molar-refractivity contribution in [2.24, 2.45) is 0 Å². The number of ketones is 1. The van der Waals surface area contributed by atoms with E-state index in [-0.39, 0.29) is 28.4 Å². The average Bonchev–Trinajstić information content (AvgIpc) is 2.92. The van der Waals surface area contributed by atoms with Crippen molar-refractivity contribution in [3.63, 3.8) is 0 Å². The fourth-order valence-corrected chi connectivity index (χ4v) is 8.72. The molecule has 3 N–H and O–H groups in total. The molecule has 0 unspecified atom stereocenters. The smallest absolute Gasteiger partial charge is 0.295 e. The maximum Gasteiger partial charge on any atom is 0.295 e. The average molecular weight is 577 g/mol. The van der Waals surface area contributed by atoms with Crippen LogP contribution in [0.2, 0.25) is 5.04 Å². The van der Waals surface area contributed by atoms with Crippen LogP contribution in [0.4, 0.5) is 5.69 Å². The summed E-state index contributed by atoms with van der Waals surface area (Å²) in [6.45, 7) is 9.57. The van der Waals surface area contributed by atoms with Crippen molar-refractivity contribution in [1.82, 2.24) is 5.48 Å². The molecular weight excluding hydrogens is 532 g/mol. The van der Waals surface area contributed by atoms with Crippen molar-refractivity contribution in [3.05, 3.63) is 84.9 Å². The third kappa shape index (κ3) is 11.0. The van der Waals surface area contributed by atoms with Gasteiger partial charge in [0.15, 0.2) is 0 Å². The van der Waals surface area contributed by atoms with Crippen LogP contribution >= 0.6 is 0 Å². The summed E-state index contributed by atoms with van der Waals surface area (Å²) >= 11 is 0. The number of phenols is 1. The highest BCUT2D eigenvalue weighted by Crippen LogP contribution is 2.36. The largest absolute Gasteiger partial charge is 0.508 e. The second-order valence-corrected chi connectivity index (χ2v) is 15.4. The molecule has 0 saturated carbocycles. The molecule has 0 bridgehead atoms. The van der Waals surface area contributed by atoms with Crippen LogP contribution < -0.4 is 21.2 Å². The summed E-state index contributed by atoms with van der Waals surface area (Å²) in [5.74, 6) is 0.152. The third-order valence-corrected chi connectivity index (χ3v) is 11.3. The highest BCUT2D eigenvalue weighted by molar-refractivity contribution is 6.99. The molecule has 3 aromatic rings. The molecule has 3 rings (SSSR count). The Bertz CT molecular complexity index is 1180. The molecule has 0 heterocycles. The minimum absolute atomic E-state index is 0.0536. The lowest BCUT2D eigenvalue weighted by molar-refractivity contribution is -0.128. The zero-order valence-electron chi connectivity index (χ0n) is 24.9. The maximum absolute atomic E-state index is 12.8. The Morgan fingerprint density at radius 3 is 1.59 bits per heavy atom. The summed E-state index contributed by atoms with van der Waals surface area (Å²) in [6.07, 6.45) is 4.01. The number of amides is 2. The van der Waals surface area contributed by atoms with Gasteiger partial charge < -0.3 is 19.7 Å². The predicted octanol–water partition coefficient (Wildman–Crippen LogP) is 5.87. The topological polar surface area (TPSA) is 105 Å². The molecule has 0 aliphatic heterocycles. The van der Waals surface area contributed by atoms with Crippen LogP contribution in [0.3, 0.4) is 0 Å². The van der Waals surface area contributed by atoms with Crippen molar-refractivity contribution in [3.8, 4) is 5.75 Å². The zero-order valence-corrected chi connectivity index (χ0v) is 25.9.